The van der Waals surface area contributed by atoms with Gasteiger partial charge in [-0.3, -0.25) is 0 Å². The topological polar surface area (TPSA) is 22.1 Å². The molecule has 0 fully saturated rings. The van der Waals surface area contributed by atoms with Crippen molar-refractivity contribution in [2.45, 2.75) is 13.8 Å². The Balaban J connectivity index is 2.31. The first-order valence-corrected chi connectivity index (χ1v) is 5.92. The normalized spacial score (nSPS) is 10.4. The number of rotatable bonds is 2. The summed E-state index contributed by atoms with van der Waals surface area (Å²) in [6.45, 7) is 3.62. The Morgan fingerprint density at radius 3 is 2.71 bits per heavy atom. The largest absolute Gasteiger partial charge is 0.436 e. The van der Waals surface area contributed by atoms with E-state index in [1.54, 1.807) is 37.4 Å². The Morgan fingerprint density at radius 1 is 1.24 bits per heavy atom. The van der Waals surface area contributed by atoms with Gasteiger partial charge >= 0.3 is 0 Å². The van der Waals surface area contributed by atoms with Crippen LogP contribution in [0.15, 0.2) is 34.9 Å². The molecule has 2 rings (SSSR count). The molecule has 2 aromatic rings. The first-order chi connectivity index (χ1) is 8.08. The molecule has 0 N–H and O–H groups in total. The predicted octanol–water partition coefficient (Wildman–Crippen LogP) is 4.39. The summed E-state index contributed by atoms with van der Waals surface area (Å²) in [6.07, 6.45) is 1.64. The number of hydrogen-bond acceptors (Lipinski definition) is 2. The molecule has 0 spiro atoms. The van der Waals surface area contributed by atoms with Gasteiger partial charge in [0, 0.05) is 16.7 Å². The molecule has 0 radical (unpaired) electrons. The molecule has 88 valence electrons. The Morgan fingerprint density at radius 2 is 2.00 bits per heavy atom. The maximum atomic E-state index is 13.7. The Bertz CT molecular complexity index is 557. The molecule has 0 unspecified atom stereocenters. The second-order valence-electron chi connectivity index (χ2n) is 3.76. The van der Waals surface area contributed by atoms with Crippen molar-refractivity contribution in [3.63, 3.8) is 0 Å². The number of aromatic nitrogens is 1. The number of ether oxygens (including phenoxy) is 1. The van der Waals surface area contributed by atoms with Crippen LogP contribution in [0.3, 0.4) is 0 Å². The van der Waals surface area contributed by atoms with Gasteiger partial charge in [0.15, 0.2) is 11.6 Å². The highest BCUT2D eigenvalue weighted by Crippen LogP contribution is 2.26. The van der Waals surface area contributed by atoms with E-state index in [1.807, 2.05) is 6.92 Å². The maximum absolute atomic E-state index is 13.7. The van der Waals surface area contributed by atoms with Crippen LogP contribution in [0.25, 0.3) is 0 Å². The van der Waals surface area contributed by atoms with Gasteiger partial charge in [-0.2, -0.15) is 0 Å². The van der Waals surface area contributed by atoms with E-state index in [4.69, 9.17) is 4.74 Å². The highest BCUT2D eigenvalue weighted by molar-refractivity contribution is 9.10. The SMILES string of the molecule is Cc1cc(Oc2cccc(C)c2F)ncc1Br. The molecule has 0 amide bonds. The minimum atomic E-state index is -0.352. The highest BCUT2D eigenvalue weighted by atomic mass is 79.9. The molecule has 0 aliphatic heterocycles. The van der Waals surface area contributed by atoms with Gasteiger partial charge in [0.2, 0.25) is 5.88 Å². The summed E-state index contributed by atoms with van der Waals surface area (Å²) in [5.41, 5.74) is 1.54. The molecule has 0 saturated heterocycles. The number of aryl methyl sites for hydroxylation is 2. The maximum Gasteiger partial charge on any atom is 0.219 e. The van der Waals surface area contributed by atoms with Gasteiger partial charge in [-0.1, -0.05) is 12.1 Å². The lowest BCUT2D eigenvalue weighted by atomic mass is 10.2. The van der Waals surface area contributed by atoms with Crippen molar-refractivity contribution in [3.05, 3.63) is 51.9 Å². The van der Waals surface area contributed by atoms with Crippen LogP contribution in [0.4, 0.5) is 4.39 Å². The second-order valence-corrected chi connectivity index (χ2v) is 4.62. The standard InChI is InChI=1S/C13H11BrFNO/c1-8-4-3-5-11(13(8)15)17-12-6-9(2)10(14)7-16-12/h3-7H,1-2H3. The summed E-state index contributed by atoms with van der Waals surface area (Å²) in [5, 5.41) is 0. The van der Waals surface area contributed by atoms with E-state index in [0.29, 0.717) is 11.4 Å². The zero-order chi connectivity index (χ0) is 12.4. The fourth-order valence-corrected chi connectivity index (χ4v) is 1.60. The van der Waals surface area contributed by atoms with Crippen LogP contribution >= 0.6 is 15.9 Å². The second kappa shape index (κ2) is 4.84. The van der Waals surface area contributed by atoms with Crippen LogP contribution in [0.5, 0.6) is 11.6 Å². The van der Waals surface area contributed by atoms with Crippen molar-refractivity contribution in [2.24, 2.45) is 0 Å². The number of hydrogen-bond donors (Lipinski definition) is 0. The van der Waals surface area contributed by atoms with Crippen LogP contribution in [0, 0.1) is 19.7 Å². The first-order valence-electron chi connectivity index (χ1n) is 5.13. The van der Waals surface area contributed by atoms with E-state index in [2.05, 4.69) is 20.9 Å². The van der Waals surface area contributed by atoms with Crippen molar-refractivity contribution in [3.8, 4) is 11.6 Å². The Hall–Kier alpha value is -1.42. The lowest BCUT2D eigenvalue weighted by Gasteiger charge is -2.08. The lowest BCUT2D eigenvalue weighted by Crippen LogP contribution is -1.93. The summed E-state index contributed by atoms with van der Waals surface area (Å²) in [5.74, 6) is 0.226. The van der Waals surface area contributed by atoms with Gasteiger partial charge in [0.05, 0.1) is 0 Å². The molecule has 0 aliphatic carbocycles. The molecule has 1 aromatic heterocycles. The van der Waals surface area contributed by atoms with Crippen LogP contribution in [-0.2, 0) is 0 Å². The molecule has 2 nitrogen and oxygen atoms in total. The average Bonchev–Trinajstić information content (AvgIpc) is 2.30. The zero-order valence-corrected chi connectivity index (χ0v) is 11.1. The van der Waals surface area contributed by atoms with E-state index in [1.165, 1.54) is 0 Å². The number of benzene rings is 1. The summed E-state index contributed by atoms with van der Waals surface area (Å²) in [6, 6.07) is 6.79. The molecule has 0 saturated carbocycles. The summed E-state index contributed by atoms with van der Waals surface area (Å²) in [7, 11) is 0. The fourth-order valence-electron chi connectivity index (χ4n) is 1.38. The monoisotopic (exact) mass is 295 g/mol. The van der Waals surface area contributed by atoms with Crippen molar-refractivity contribution < 1.29 is 9.13 Å². The predicted molar refractivity (Wildman–Crippen MR) is 67.9 cm³/mol. The van der Waals surface area contributed by atoms with Gasteiger partial charge in [-0.15, -0.1) is 0 Å². The molecule has 1 heterocycles. The van der Waals surface area contributed by atoms with Gasteiger partial charge in [-0.05, 0) is 47.0 Å². The molecule has 17 heavy (non-hydrogen) atoms. The smallest absolute Gasteiger partial charge is 0.219 e. The highest BCUT2D eigenvalue weighted by Gasteiger charge is 2.08. The third-order valence-corrected chi connectivity index (χ3v) is 3.22. The molecular formula is C13H11BrFNO. The van der Waals surface area contributed by atoms with E-state index in [-0.39, 0.29) is 11.6 Å². The zero-order valence-electron chi connectivity index (χ0n) is 9.50. The quantitative estimate of drug-likeness (QED) is 0.820. The van der Waals surface area contributed by atoms with Gasteiger partial charge in [0.25, 0.3) is 0 Å². The third-order valence-electron chi connectivity index (χ3n) is 2.39. The minimum Gasteiger partial charge on any atom is -0.436 e. The van der Waals surface area contributed by atoms with Gasteiger partial charge in [0.1, 0.15) is 0 Å². The lowest BCUT2D eigenvalue weighted by molar-refractivity contribution is 0.425. The van der Waals surface area contributed by atoms with Crippen LogP contribution in [0.2, 0.25) is 0 Å². The number of pyridine rings is 1. The average molecular weight is 296 g/mol. The third kappa shape index (κ3) is 2.64. The molecular weight excluding hydrogens is 285 g/mol. The molecule has 1 aromatic carbocycles. The van der Waals surface area contributed by atoms with E-state index in [0.717, 1.165) is 10.0 Å². The van der Waals surface area contributed by atoms with E-state index >= 15 is 0 Å². The summed E-state index contributed by atoms with van der Waals surface area (Å²) < 4.78 is 20.0. The fraction of sp³-hybridized carbons (Fsp3) is 0.154. The number of nitrogens with zero attached hydrogens (tertiary/aromatic N) is 1. The van der Waals surface area contributed by atoms with Crippen LogP contribution in [-0.4, -0.2) is 4.98 Å². The van der Waals surface area contributed by atoms with Crippen molar-refractivity contribution in [1.82, 2.24) is 4.98 Å². The summed E-state index contributed by atoms with van der Waals surface area (Å²) in [4.78, 5) is 4.07. The number of halogens is 2. The van der Waals surface area contributed by atoms with Gasteiger partial charge in [-0.25, -0.2) is 9.37 Å². The van der Waals surface area contributed by atoms with E-state index in [9.17, 15) is 4.39 Å². The molecule has 0 aliphatic rings. The van der Waals surface area contributed by atoms with Crippen molar-refractivity contribution in [1.29, 1.82) is 0 Å². The van der Waals surface area contributed by atoms with Crippen molar-refractivity contribution >= 4 is 15.9 Å². The minimum absolute atomic E-state index is 0.194. The van der Waals surface area contributed by atoms with Crippen molar-refractivity contribution in [2.75, 3.05) is 0 Å². The van der Waals surface area contributed by atoms with Crippen LogP contribution in [0.1, 0.15) is 11.1 Å². The van der Waals surface area contributed by atoms with Gasteiger partial charge < -0.3 is 4.74 Å². The van der Waals surface area contributed by atoms with E-state index < -0.39 is 0 Å². The first kappa shape index (κ1) is 12.0. The Kier molecular flexibility index (Phi) is 3.43. The summed E-state index contributed by atoms with van der Waals surface area (Å²) >= 11 is 3.35. The molecule has 0 bridgehead atoms. The van der Waals surface area contributed by atoms with Crippen LogP contribution < -0.4 is 4.74 Å². The Labute approximate surface area is 108 Å². The molecule has 0 atom stereocenters. The molecule has 4 heteroatoms.